The van der Waals surface area contributed by atoms with Crippen LogP contribution in [0, 0.1) is 0 Å². The summed E-state index contributed by atoms with van der Waals surface area (Å²) in [7, 11) is 0. The number of ether oxygens (including phenoxy) is 1. The summed E-state index contributed by atoms with van der Waals surface area (Å²) in [6.45, 7) is 4.11. The minimum Gasteiger partial charge on any atom is -0.489 e. The molecule has 0 spiro atoms. The van der Waals surface area contributed by atoms with Crippen molar-refractivity contribution >= 4 is 11.9 Å². The van der Waals surface area contributed by atoms with Crippen LogP contribution in [0.15, 0.2) is 54.6 Å². The molecule has 1 saturated heterocycles. The number of carboxylic acid groups (broad SMARTS) is 1. The molecule has 2 aromatic rings. The standard InChI is InChI=1S/C23H29N3O4/c24-21(10-11-22(27)28)23(29)26-14-12-25(13-15-26)16-18-6-8-20(9-7-18)30-17-19-4-2-1-3-5-19/h1-9,21H,10-17,24H2,(H,27,28). The zero-order chi connectivity index (χ0) is 21.3. The van der Waals surface area contributed by atoms with Crippen molar-refractivity contribution in [2.45, 2.75) is 32.0 Å². The number of carboxylic acids is 1. The monoisotopic (exact) mass is 411 g/mol. The molecule has 3 rings (SSSR count). The first-order chi connectivity index (χ1) is 14.5. The van der Waals surface area contributed by atoms with Crippen molar-refractivity contribution in [2.24, 2.45) is 5.73 Å². The molecule has 1 unspecified atom stereocenters. The van der Waals surface area contributed by atoms with Gasteiger partial charge in [0.2, 0.25) is 5.91 Å². The van der Waals surface area contributed by atoms with Crippen molar-refractivity contribution in [3.8, 4) is 5.75 Å². The van der Waals surface area contributed by atoms with Crippen molar-refractivity contribution < 1.29 is 19.4 Å². The molecule has 7 nitrogen and oxygen atoms in total. The number of nitrogens with two attached hydrogens (primary N) is 1. The van der Waals surface area contributed by atoms with E-state index < -0.39 is 12.0 Å². The Hall–Kier alpha value is -2.90. The van der Waals surface area contributed by atoms with E-state index in [1.807, 2.05) is 42.5 Å². The maximum Gasteiger partial charge on any atom is 0.303 e. The van der Waals surface area contributed by atoms with Gasteiger partial charge < -0.3 is 20.5 Å². The van der Waals surface area contributed by atoms with Crippen LogP contribution in [0.4, 0.5) is 0 Å². The van der Waals surface area contributed by atoms with Crippen LogP contribution < -0.4 is 10.5 Å². The van der Waals surface area contributed by atoms with E-state index in [4.69, 9.17) is 15.6 Å². The van der Waals surface area contributed by atoms with Crippen LogP contribution in [0.5, 0.6) is 5.75 Å². The second kappa shape index (κ2) is 10.8. The maximum atomic E-state index is 12.4. The Morgan fingerprint density at radius 2 is 1.63 bits per heavy atom. The molecule has 1 atom stereocenters. The second-order valence-corrected chi connectivity index (χ2v) is 7.56. The molecule has 1 fully saturated rings. The maximum absolute atomic E-state index is 12.4. The Kier molecular flexibility index (Phi) is 7.82. The predicted octanol–water partition coefficient (Wildman–Crippen LogP) is 2.10. The van der Waals surface area contributed by atoms with Gasteiger partial charge in [0, 0.05) is 39.1 Å². The summed E-state index contributed by atoms with van der Waals surface area (Å²) in [5.41, 5.74) is 8.18. The third kappa shape index (κ3) is 6.57. The number of rotatable bonds is 9. The van der Waals surface area contributed by atoms with Crippen molar-refractivity contribution in [1.29, 1.82) is 0 Å². The highest BCUT2D eigenvalue weighted by Crippen LogP contribution is 2.16. The Balaban J connectivity index is 1.41. The number of piperazine rings is 1. The molecular weight excluding hydrogens is 382 g/mol. The molecule has 0 aromatic heterocycles. The van der Waals surface area contributed by atoms with Gasteiger partial charge in [-0.1, -0.05) is 42.5 Å². The van der Waals surface area contributed by atoms with Gasteiger partial charge in [0.15, 0.2) is 0 Å². The van der Waals surface area contributed by atoms with Crippen molar-refractivity contribution in [1.82, 2.24) is 9.80 Å². The number of nitrogens with zero attached hydrogens (tertiary/aromatic N) is 2. The number of benzene rings is 2. The van der Waals surface area contributed by atoms with Crippen LogP contribution in [0.2, 0.25) is 0 Å². The molecule has 0 radical (unpaired) electrons. The number of carbonyl (C=O) groups excluding carboxylic acids is 1. The van der Waals surface area contributed by atoms with E-state index in [0.29, 0.717) is 19.7 Å². The first kappa shape index (κ1) is 21.8. The SMILES string of the molecule is NC(CCC(=O)O)C(=O)N1CCN(Cc2ccc(OCc3ccccc3)cc2)CC1. The molecule has 1 aliphatic rings. The lowest BCUT2D eigenvalue weighted by atomic mass is 10.1. The summed E-state index contributed by atoms with van der Waals surface area (Å²) >= 11 is 0. The van der Waals surface area contributed by atoms with E-state index in [-0.39, 0.29) is 18.7 Å². The third-order valence-corrected chi connectivity index (χ3v) is 5.25. The summed E-state index contributed by atoms with van der Waals surface area (Å²) in [5, 5.41) is 8.73. The average Bonchev–Trinajstić information content (AvgIpc) is 2.77. The van der Waals surface area contributed by atoms with Crippen molar-refractivity contribution in [3.05, 3.63) is 65.7 Å². The van der Waals surface area contributed by atoms with Gasteiger partial charge >= 0.3 is 5.97 Å². The Bertz CT molecular complexity index is 818. The lowest BCUT2D eigenvalue weighted by Gasteiger charge is -2.36. The normalized spacial score (nSPS) is 15.6. The molecular formula is C23H29N3O4. The first-order valence-corrected chi connectivity index (χ1v) is 10.3. The average molecular weight is 412 g/mol. The number of amides is 1. The molecule has 0 saturated carbocycles. The van der Waals surface area contributed by atoms with Crippen LogP contribution in [0.25, 0.3) is 0 Å². The minimum absolute atomic E-state index is 0.0854. The second-order valence-electron chi connectivity index (χ2n) is 7.56. The summed E-state index contributed by atoms with van der Waals surface area (Å²) in [6, 6.07) is 17.4. The highest BCUT2D eigenvalue weighted by molar-refractivity contribution is 5.82. The fourth-order valence-electron chi connectivity index (χ4n) is 3.45. The van der Waals surface area contributed by atoms with Crippen LogP contribution in [0.3, 0.4) is 0 Å². The van der Waals surface area contributed by atoms with E-state index in [0.717, 1.165) is 30.9 Å². The number of aliphatic carboxylic acids is 1. The van der Waals surface area contributed by atoms with Crippen molar-refractivity contribution in [2.75, 3.05) is 26.2 Å². The van der Waals surface area contributed by atoms with Gasteiger partial charge in [-0.2, -0.15) is 0 Å². The van der Waals surface area contributed by atoms with Gasteiger partial charge in [0.1, 0.15) is 12.4 Å². The topological polar surface area (TPSA) is 96.1 Å². The molecule has 1 heterocycles. The van der Waals surface area contributed by atoms with E-state index in [1.165, 1.54) is 5.56 Å². The van der Waals surface area contributed by atoms with Gasteiger partial charge in [0.05, 0.1) is 6.04 Å². The number of hydrogen-bond donors (Lipinski definition) is 2. The van der Waals surface area contributed by atoms with Crippen LogP contribution in [0.1, 0.15) is 24.0 Å². The molecule has 2 aromatic carbocycles. The molecule has 1 aliphatic heterocycles. The summed E-state index contributed by atoms with van der Waals surface area (Å²) in [5.74, 6) is -0.247. The highest BCUT2D eigenvalue weighted by atomic mass is 16.5. The summed E-state index contributed by atoms with van der Waals surface area (Å²) < 4.78 is 5.83. The van der Waals surface area contributed by atoms with Crippen LogP contribution in [-0.2, 0) is 22.7 Å². The number of carbonyl (C=O) groups is 2. The first-order valence-electron chi connectivity index (χ1n) is 10.3. The van der Waals surface area contributed by atoms with Crippen molar-refractivity contribution in [3.63, 3.8) is 0 Å². The Labute approximate surface area is 177 Å². The van der Waals surface area contributed by atoms with Crippen LogP contribution in [-0.4, -0.2) is 59.0 Å². The van der Waals surface area contributed by atoms with Gasteiger partial charge in [-0.3, -0.25) is 14.5 Å². The minimum atomic E-state index is -0.931. The largest absolute Gasteiger partial charge is 0.489 e. The Morgan fingerprint density at radius 3 is 2.27 bits per heavy atom. The van der Waals surface area contributed by atoms with E-state index in [1.54, 1.807) is 4.90 Å². The molecule has 0 aliphatic carbocycles. The fraction of sp³-hybridized carbons (Fsp3) is 0.391. The molecule has 0 bridgehead atoms. The molecule has 3 N–H and O–H groups in total. The number of hydrogen-bond acceptors (Lipinski definition) is 5. The smallest absolute Gasteiger partial charge is 0.303 e. The fourth-order valence-corrected chi connectivity index (χ4v) is 3.45. The van der Waals surface area contributed by atoms with E-state index in [9.17, 15) is 9.59 Å². The highest BCUT2D eigenvalue weighted by Gasteiger charge is 2.25. The lowest BCUT2D eigenvalue weighted by Crippen LogP contribution is -2.52. The van der Waals surface area contributed by atoms with Gasteiger partial charge in [-0.25, -0.2) is 0 Å². The van der Waals surface area contributed by atoms with Gasteiger partial charge in [-0.15, -0.1) is 0 Å². The van der Waals surface area contributed by atoms with E-state index in [2.05, 4.69) is 17.0 Å². The van der Waals surface area contributed by atoms with Crippen LogP contribution >= 0.6 is 0 Å². The molecule has 30 heavy (non-hydrogen) atoms. The Morgan fingerprint density at radius 1 is 0.967 bits per heavy atom. The van der Waals surface area contributed by atoms with Gasteiger partial charge in [0.25, 0.3) is 0 Å². The van der Waals surface area contributed by atoms with Gasteiger partial charge in [-0.05, 0) is 29.7 Å². The lowest BCUT2D eigenvalue weighted by molar-refractivity contribution is -0.138. The molecule has 160 valence electrons. The summed E-state index contributed by atoms with van der Waals surface area (Å²) in [4.78, 5) is 27.0. The van der Waals surface area contributed by atoms with E-state index >= 15 is 0 Å². The molecule has 1 amide bonds. The third-order valence-electron chi connectivity index (χ3n) is 5.25. The zero-order valence-electron chi connectivity index (χ0n) is 17.1. The quantitative estimate of drug-likeness (QED) is 0.656. The summed E-state index contributed by atoms with van der Waals surface area (Å²) in [6.07, 6.45) is 0.0883. The predicted molar refractivity (Wildman–Crippen MR) is 114 cm³/mol. The molecule has 7 heteroatoms. The zero-order valence-corrected chi connectivity index (χ0v) is 17.1.